The maximum Gasteiger partial charge on any atom is 0.287 e. The lowest BCUT2D eigenvalue weighted by Gasteiger charge is -2.35. The Labute approximate surface area is 97.0 Å². The van der Waals surface area contributed by atoms with E-state index in [-0.39, 0.29) is 11.8 Å². The average molecular weight is 224 g/mol. The van der Waals surface area contributed by atoms with E-state index in [2.05, 4.69) is 0 Å². The van der Waals surface area contributed by atoms with E-state index in [1.165, 1.54) is 14.2 Å². The average Bonchev–Trinajstić information content (AvgIpc) is 2.30. The van der Waals surface area contributed by atoms with Crippen LogP contribution >= 0.6 is 0 Å². The van der Waals surface area contributed by atoms with Gasteiger partial charge in [0.05, 0.1) is 5.92 Å². The predicted molar refractivity (Wildman–Crippen MR) is 63.0 cm³/mol. The predicted octanol–water partition coefficient (Wildman–Crippen LogP) is 2.37. The molecule has 0 fully saturated rings. The van der Waals surface area contributed by atoms with Gasteiger partial charge in [-0.2, -0.15) is 0 Å². The molecule has 0 radical (unpaired) electrons. The van der Waals surface area contributed by atoms with Gasteiger partial charge < -0.3 is 14.6 Å². The smallest absolute Gasteiger partial charge is 0.287 e. The number of benzene rings is 1. The van der Waals surface area contributed by atoms with Crippen molar-refractivity contribution in [3.8, 4) is 0 Å². The minimum absolute atomic E-state index is 0.201. The summed E-state index contributed by atoms with van der Waals surface area (Å²) in [5, 5.41) is 10.3. The zero-order chi connectivity index (χ0) is 12.2. The van der Waals surface area contributed by atoms with Crippen LogP contribution in [0.2, 0.25) is 0 Å². The molecular formula is C13H20O3. The molecule has 0 saturated heterocycles. The van der Waals surface area contributed by atoms with Crippen LogP contribution in [-0.4, -0.2) is 25.3 Å². The summed E-state index contributed by atoms with van der Waals surface area (Å²) in [5.41, 5.74) is 1.00. The summed E-state index contributed by atoms with van der Waals surface area (Å²) >= 11 is 0. The largest absolute Gasteiger partial charge is 0.343 e. The first-order chi connectivity index (χ1) is 7.55. The molecule has 1 atom stereocenters. The lowest BCUT2D eigenvalue weighted by Crippen LogP contribution is -2.42. The van der Waals surface area contributed by atoms with Crippen molar-refractivity contribution in [2.24, 2.45) is 5.92 Å². The highest BCUT2D eigenvalue weighted by atomic mass is 16.8. The molecule has 0 bridgehead atoms. The number of hydrogen-bond acceptors (Lipinski definition) is 3. The van der Waals surface area contributed by atoms with Crippen LogP contribution in [0.1, 0.15) is 25.3 Å². The van der Waals surface area contributed by atoms with E-state index >= 15 is 0 Å². The zero-order valence-corrected chi connectivity index (χ0v) is 10.3. The summed E-state index contributed by atoms with van der Waals surface area (Å²) in [5.74, 6) is -1.59. The van der Waals surface area contributed by atoms with Crippen LogP contribution in [0.25, 0.3) is 0 Å². The van der Waals surface area contributed by atoms with Gasteiger partial charge in [0.1, 0.15) is 0 Å². The highest BCUT2D eigenvalue weighted by molar-refractivity contribution is 5.21. The van der Waals surface area contributed by atoms with Crippen molar-refractivity contribution in [2.75, 3.05) is 14.2 Å². The van der Waals surface area contributed by atoms with Crippen molar-refractivity contribution < 1.29 is 14.6 Å². The molecule has 16 heavy (non-hydrogen) atoms. The molecule has 0 aliphatic rings. The first kappa shape index (κ1) is 13.2. The van der Waals surface area contributed by atoms with Gasteiger partial charge in [0.15, 0.2) is 0 Å². The SMILES string of the molecule is COC(O)(OC)C(c1ccccc1)C(C)C. The van der Waals surface area contributed by atoms with Crippen LogP contribution < -0.4 is 0 Å². The Morgan fingerprint density at radius 3 is 1.94 bits per heavy atom. The van der Waals surface area contributed by atoms with Crippen LogP contribution in [-0.2, 0) is 9.47 Å². The van der Waals surface area contributed by atoms with E-state index in [1.807, 2.05) is 44.2 Å². The summed E-state index contributed by atoms with van der Waals surface area (Å²) in [4.78, 5) is 0. The van der Waals surface area contributed by atoms with E-state index in [4.69, 9.17) is 9.47 Å². The fourth-order valence-corrected chi connectivity index (χ4v) is 2.01. The molecule has 1 unspecified atom stereocenters. The summed E-state index contributed by atoms with van der Waals surface area (Å²) in [7, 11) is 2.89. The first-order valence-electron chi connectivity index (χ1n) is 5.42. The van der Waals surface area contributed by atoms with Crippen molar-refractivity contribution >= 4 is 0 Å². The molecule has 0 amide bonds. The van der Waals surface area contributed by atoms with Gasteiger partial charge in [0, 0.05) is 14.2 Å². The third-order valence-electron chi connectivity index (χ3n) is 2.80. The molecule has 0 spiro atoms. The molecule has 3 heteroatoms. The van der Waals surface area contributed by atoms with E-state index < -0.39 is 5.97 Å². The van der Waals surface area contributed by atoms with Crippen LogP contribution in [0.4, 0.5) is 0 Å². The second-order valence-electron chi connectivity index (χ2n) is 4.17. The van der Waals surface area contributed by atoms with Gasteiger partial charge in [0.2, 0.25) is 0 Å². The van der Waals surface area contributed by atoms with Crippen molar-refractivity contribution in [2.45, 2.75) is 25.7 Å². The Balaban J connectivity index is 3.09. The molecule has 0 heterocycles. The van der Waals surface area contributed by atoms with Gasteiger partial charge in [0.25, 0.3) is 5.97 Å². The van der Waals surface area contributed by atoms with Crippen LogP contribution in [0.3, 0.4) is 0 Å². The highest BCUT2D eigenvalue weighted by Crippen LogP contribution is 2.35. The molecule has 1 rings (SSSR count). The fraction of sp³-hybridized carbons (Fsp3) is 0.538. The molecule has 1 N–H and O–H groups in total. The minimum atomic E-state index is -1.57. The first-order valence-corrected chi connectivity index (χ1v) is 5.42. The maximum atomic E-state index is 10.3. The number of rotatable bonds is 5. The van der Waals surface area contributed by atoms with E-state index in [0.717, 1.165) is 5.56 Å². The Bertz CT molecular complexity index is 304. The van der Waals surface area contributed by atoms with Crippen molar-refractivity contribution in [3.63, 3.8) is 0 Å². The summed E-state index contributed by atoms with van der Waals surface area (Å²) in [6, 6.07) is 9.76. The van der Waals surface area contributed by atoms with E-state index in [1.54, 1.807) is 0 Å². The molecule has 0 aromatic heterocycles. The van der Waals surface area contributed by atoms with Gasteiger partial charge in [-0.15, -0.1) is 0 Å². The lowest BCUT2D eigenvalue weighted by molar-refractivity contribution is -0.357. The number of methoxy groups -OCH3 is 2. The summed E-state index contributed by atoms with van der Waals surface area (Å²) in [6.07, 6.45) is 0. The fourth-order valence-electron chi connectivity index (χ4n) is 2.01. The van der Waals surface area contributed by atoms with Crippen LogP contribution in [0.15, 0.2) is 30.3 Å². The highest BCUT2D eigenvalue weighted by Gasteiger charge is 2.40. The lowest BCUT2D eigenvalue weighted by atomic mass is 9.86. The molecule has 0 aliphatic heterocycles. The van der Waals surface area contributed by atoms with Gasteiger partial charge in [-0.1, -0.05) is 44.2 Å². The third-order valence-corrected chi connectivity index (χ3v) is 2.80. The van der Waals surface area contributed by atoms with Gasteiger partial charge in [-0.05, 0) is 11.5 Å². The van der Waals surface area contributed by atoms with Crippen LogP contribution in [0.5, 0.6) is 0 Å². The maximum absolute atomic E-state index is 10.3. The number of aliphatic hydroxyl groups is 1. The Morgan fingerprint density at radius 1 is 1.06 bits per heavy atom. The molecule has 0 aliphatic carbocycles. The quantitative estimate of drug-likeness (QED) is 0.780. The topological polar surface area (TPSA) is 38.7 Å². The van der Waals surface area contributed by atoms with E-state index in [9.17, 15) is 5.11 Å². The monoisotopic (exact) mass is 224 g/mol. The van der Waals surface area contributed by atoms with E-state index in [0.29, 0.717) is 0 Å². The minimum Gasteiger partial charge on any atom is -0.343 e. The molecule has 1 aromatic rings. The van der Waals surface area contributed by atoms with Crippen molar-refractivity contribution in [1.29, 1.82) is 0 Å². The summed E-state index contributed by atoms with van der Waals surface area (Å²) in [6.45, 7) is 4.06. The molecular weight excluding hydrogens is 204 g/mol. The van der Waals surface area contributed by atoms with Gasteiger partial charge in [-0.25, -0.2) is 0 Å². The Hall–Kier alpha value is -0.900. The second-order valence-corrected chi connectivity index (χ2v) is 4.17. The normalized spacial score (nSPS) is 14.1. The van der Waals surface area contributed by atoms with Crippen molar-refractivity contribution in [1.82, 2.24) is 0 Å². The molecule has 0 saturated carbocycles. The number of hydrogen-bond donors (Lipinski definition) is 1. The third kappa shape index (κ3) is 2.61. The summed E-state index contributed by atoms with van der Waals surface area (Å²) < 4.78 is 10.2. The Kier molecular flexibility index (Phi) is 4.47. The van der Waals surface area contributed by atoms with Gasteiger partial charge >= 0.3 is 0 Å². The van der Waals surface area contributed by atoms with Crippen molar-refractivity contribution in [3.05, 3.63) is 35.9 Å². The Morgan fingerprint density at radius 2 is 1.56 bits per heavy atom. The van der Waals surface area contributed by atoms with Crippen LogP contribution in [0, 0.1) is 5.92 Å². The number of ether oxygens (including phenoxy) is 2. The molecule has 90 valence electrons. The standard InChI is InChI=1S/C13H20O3/c1-10(2)12(13(14,15-3)16-4)11-8-6-5-7-9-11/h5-10,12,14H,1-4H3. The zero-order valence-electron chi connectivity index (χ0n) is 10.3. The second kappa shape index (κ2) is 5.43. The van der Waals surface area contributed by atoms with Gasteiger partial charge in [-0.3, -0.25) is 0 Å². The molecule has 1 aromatic carbocycles. The molecule has 3 nitrogen and oxygen atoms in total.